The molecule has 8 heteroatoms. The van der Waals surface area contributed by atoms with Crippen molar-refractivity contribution in [2.75, 3.05) is 0 Å². The molecule has 0 spiro atoms. The van der Waals surface area contributed by atoms with Crippen molar-refractivity contribution >= 4 is 46.2 Å². The van der Waals surface area contributed by atoms with Crippen LogP contribution in [0.25, 0.3) is 11.8 Å². The van der Waals surface area contributed by atoms with E-state index in [-0.39, 0.29) is 5.91 Å². The quantitative estimate of drug-likeness (QED) is 0.664. The molecular weight excluding hydrogens is 432 g/mol. The Hall–Kier alpha value is -3.29. The van der Waals surface area contributed by atoms with Crippen LogP contribution in [0.1, 0.15) is 11.3 Å². The van der Waals surface area contributed by atoms with E-state index >= 15 is 0 Å². The van der Waals surface area contributed by atoms with Crippen molar-refractivity contribution < 1.29 is 9.21 Å². The van der Waals surface area contributed by atoms with Crippen LogP contribution < -0.4 is 15.9 Å². The number of fused-ring (bicyclic) bond motifs is 2. The van der Waals surface area contributed by atoms with Crippen LogP contribution >= 0.6 is 23.4 Å². The second kappa shape index (κ2) is 8.45. The molecule has 154 valence electrons. The number of nitrogens with one attached hydrogen (secondary N) is 1. The van der Waals surface area contributed by atoms with Gasteiger partial charge in [0.05, 0.1) is 11.6 Å². The monoisotopic (exact) mass is 448 g/mol. The fraction of sp³-hybridized carbons (Fsp3) is 0.0870. The van der Waals surface area contributed by atoms with Gasteiger partial charge in [-0.2, -0.15) is 0 Å². The van der Waals surface area contributed by atoms with Crippen molar-refractivity contribution in [1.29, 1.82) is 0 Å². The van der Waals surface area contributed by atoms with Gasteiger partial charge in [-0.25, -0.2) is 5.01 Å². The first-order valence-electron chi connectivity index (χ1n) is 9.63. The highest BCUT2D eigenvalue weighted by Gasteiger charge is 2.32. The van der Waals surface area contributed by atoms with E-state index in [1.54, 1.807) is 11.3 Å². The number of thioether (sulfide) groups is 1. The average Bonchev–Trinajstić information content (AvgIpc) is 3.30. The predicted molar refractivity (Wildman–Crippen MR) is 122 cm³/mol. The molecule has 2 aromatic carbocycles. The van der Waals surface area contributed by atoms with E-state index in [0.717, 1.165) is 16.1 Å². The van der Waals surface area contributed by atoms with Gasteiger partial charge in [0.15, 0.2) is 11.3 Å². The van der Waals surface area contributed by atoms with Gasteiger partial charge >= 0.3 is 0 Å². The summed E-state index contributed by atoms with van der Waals surface area (Å²) in [4.78, 5) is 17.8. The van der Waals surface area contributed by atoms with Gasteiger partial charge in [-0.1, -0.05) is 53.7 Å². The van der Waals surface area contributed by atoms with Crippen molar-refractivity contribution in [3.8, 4) is 0 Å². The summed E-state index contributed by atoms with van der Waals surface area (Å²) in [7, 11) is 0. The highest BCUT2D eigenvalue weighted by Crippen LogP contribution is 2.24. The third-order valence-corrected chi connectivity index (χ3v) is 6.00. The van der Waals surface area contributed by atoms with Crippen molar-refractivity contribution in [1.82, 2.24) is 10.3 Å². The lowest BCUT2D eigenvalue weighted by molar-refractivity contribution is -0.116. The summed E-state index contributed by atoms with van der Waals surface area (Å²) in [6, 6.07) is 18.9. The maximum atomic E-state index is 13.1. The van der Waals surface area contributed by atoms with E-state index in [9.17, 15) is 4.79 Å². The summed E-state index contributed by atoms with van der Waals surface area (Å²) in [5.41, 5.74) is 1.57. The van der Waals surface area contributed by atoms with Gasteiger partial charge in [-0.3, -0.25) is 15.1 Å². The minimum Gasteiger partial charge on any atom is -0.465 e. The number of amides is 1. The Morgan fingerprint density at radius 3 is 2.77 bits per heavy atom. The number of benzene rings is 2. The number of furan rings is 1. The zero-order valence-corrected chi connectivity index (χ0v) is 17.8. The fourth-order valence-electron chi connectivity index (χ4n) is 3.34. The molecular formula is C23H17ClN4O2S. The lowest BCUT2D eigenvalue weighted by Crippen LogP contribution is -2.52. The van der Waals surface area contributed by atoms with Crippen LogP contribution in [0.15, 0.2) is 87.5 Å². The molecule has 0 aliphatic carbocycles. The van der Waals surface area contributed by atoms with Crippen LogP contribution in [0.4, 0.5) is 0 Å². The number of para-hydroxylation sites is 1. The van der Waals surface area contributed by atoms with E-state index < -0.39 is 6.17 Å². The lowest BCUT2D eigenvalue weighted by atomic mass is 10.1. The zero-order valence-electron chi connectivity index (χ0n) is 16.2. The molecule has 0 saturated carbocycles. The predicted octanol–water partition coefficient (Wildman–Crippen LogP) is 3.35. The SMILES string of the molecule is O=C1NC(SCc2ccc(Cl)cc2)=NN2C1=c1ccccc1=N[C@@H]2/C=C/c1ccco1. The summed E-state index contributed by atoms with van der Waals surface area (Å²) in [6.07, 6.45) is 4.86. The van der Waals surface area contributed by atoms with Crippen LogP contribution in [0.2, 0.25) is 5.02 Å². The second-order valence-electron chi connectivity index (χ2n) is 6.90. The molecule has 2 aliphatic heterocycles. The topological polar surface area (TPSA) is 70.2 Å². The van der Waals surface area contributed by atoms with E-state index in [2.05, 4.69) is 5.32 Å². The smallest absolute Gasteiger partial charge is 0.276 e. The lowest BCUT2D eigenvalue weighted by Gasteiger charge is -2.32. The summed E-state index contributed by atoms with van der Waals surface area (Å²) < 4.78 is 5.39. The maximum absolute atomic E-state index is 13.1. The fourth-order valence-corrected chi connectivity index (χ4v) is 4.28. The Labute approximate surface area is 187 Å². The standard InChI is InChI=1S/C23H17ClN4O2S/c24-16-9-7-15(8-10-16)14-31-23-26-22(29)21-18-5-1-2-6-19(18)25-20(28(21)27-23)12-11-17-4-3-13-30-17/h1-13,20H,14H2,(H,26,27,29)/b12-11+/t20-/m0/s1. The van der Waals surface area contributed by atoms with Gasteiger partial charge in [0.1, 0.15) is 11.5 Å². The Kier molecular flexibility index (Phi) is 5.36. The third kappa shape index (κ3) is 4.15. The summed E-state index contributed by atoms with van der Waals surface area (Å²) in [5.74, 6) is 1.16. The molecule has 5 rings (SSSR count). The molecule has 3 heterocycles. The van der Waals surface area contributed by atoms with Gasteiger partial charge in [0.25, 0.3) is 5.91 Å². The van der Waals surface area contributed by atoms with Gasteiger partial charge < -0.3 is 4.42 Å². The number of rotatable bonds is 4. The summed E-state index contributed by atoms with van der Waals surface area (Å²) in [5, 5.41) is 12.0. The molecule has 0 fully saturated rings. The van der Waals surface area contributed by atoms with E-state index in [1.165, 1.54) is 11.8 Å². The molecule has 31 heavy (non-hydrogen) atoms. The number of carbonyl (C=O) groups excluding carboxylic acids is 1. The summed E-state index contributed by atoms with van der Waals surface area (Å²) in [6.45, 7) is 0. The molecule has 1 amide bonds. The third-order valence-electron chi connectivity index (χ3n) is 4.81. The van der Waals surface area contributed by atoms with Gasteiger partial charge in [-0.05, 0) is 48.0 Å². The maximum Gasteiger partial charge on any atom is 0.276 e. The van der Waals surface area contributed by atoms with Crippen molar-refractivity contribution in [3.05, 3.63) is 99.9 Å². The highest BCUT2D eigenvalue weighted by molar-refractivity contribution is 8.13. The van der Waals surface area contributed by atoms with E-state index in [1.807, 2.05) is 72.8 Å². The number of carbonyl (C=O) groups is 1. The molecule has 0 radical (unpaired) electrons. The van der Waals surface area contributed by atoms with Gasteiger partial charge in [-0.15, -0.1) is 5.10 Å². The molecule has 1 N–H and O–H groups in total. The van der Waals surface area contributed by atoms with Gasteiger partial charge in [0, 0.05) is 16.0 Å². The Morgan fingerprint density at radius 1 is 1.13 bits per heavy atom. The second-order valence-corrected chi connectivity index (χ2v) is 8.30. The number of halogens is 1. The Morgan fingerprint density at radius 2 is 1.97 bits per heavy atom. The van der Waals surface area contributed by atoms with Crippen LogP contribution in [0, 0.1) is 0 Å². The molecule has 1 atom stereocenters. The van der Waals surface area contributed by atoms with Crippen molar-refractivity contribution in [2.24, 2.45) is 10.1 Å². The first kappa shape index (κ1) is 19.7. The minimum absolute atomic E-state index is 0.202. The average molecular weight is 449 g/mol. The number of hydrogen-bond acceptors (Lipinski definition) is 6. The zero-order chi connectivity index (χ0) is 21.2. The van der Waals surface area contributed by atoms with Crippen LogP contribution in [-0.2, 0) is 10.5 Å². The highest BCUT2D eigenvalue weighted by atomic mass is 35.5. The molecule has 0 saturated heterocycles. The molecule has 0 bridgehead atoms. The Balaban J connectivity index is 1.49. The van der Waals surface area contributed by atoms with Crippen LogP contribution in [0.3, 0.4) is 0 Å². The van der Waals surface area contributed by atoms with Crippen molar-refractivity contribution in [2.45, 2.75) is 11.9 Å². The number of hydrazone groups is 1. The first-order valence-corrected chi connectivity index (χ1v) is 11.0. The number of hydrogen-bond donors (Lipinski definition) is 1. The Bertz CT molecular complexity index is 1300. The molecule has 6 nitrogen and oxygen atoms in total. The number of nitrogens with zero attached hydrogens (tertiary/aromatic N) is 3. The first-order chi connectivity index (χ1) is 15.2. The molecule has 1 aromatic heterocycles. The van der Waals surface area contributed by atoms with Crippen LogP contribution in [0.5, 0.6) is 0 Å². The number of amidine groups is 1. The van der Waals surface area contributed by atoms with E-state index in [0.29, 0.717) is 27.4 Å². The van der Waals surface area contributed by atoms with Crippen molar-refractivity contribution in [3.63, 3.8) is 0 Å². The minimum atomic E-state index is -0.466. The largest absolute Gasteiger partial charge is 0.465 e. The molecule has 3 aromatic rings. The normalized spacial score (nSPS) is 17.6. The molecule has 0 unspecified atom stereocenters. The molecule has 2 aliphatic rings. The van der Waals surface area contributed by atoms with Crippen LogP contribution in [-0.4, -0.2) is 22.2 Å². The van der Waals surface area contributed by atoms with Gasteiger partial charge in [0.2, 0.25) is 0 Å². The summed E-state index contributed by atoms with van der Waals surface area (Å²) >= 11 is 7.41. The van der Waals surface area contributed by atoms with E-state index in [4.69, 9.17) is 26.1 Å².